The average molecular weight is 353 g/mol. The molecule has 0 heterocycles. The van der Waals surface area contributed by atoms with Crippen LogP contribution in [0.25, 0.3) is 0 Å². The smallest absolute Gasteiger partial charge is 0.0412 e. The normalized spacial score (nSPS) is 14.2. The van der Waals surface area contributed by atoms with Gasteiger partial charge < -0.3 is 0 Å². The fourth-order valence-electron chi connectivity index (χ4n) is 4.54. The highest BCUT2D eigenvalue weighted by molar-refractivity contribution is 4.69. The van der Waals surface area contributed by atoms with Gasteiger partial charge in [-0.3, -0.25) is 0 Å². The molecule has 0 radical (unpaired) electrons. The quantitative estimate of drug-likeness (QED) is 0.203. The summed E-state index contributed by atoms with van der Waals surface area (Å²) in [7, 11) is 0. The predicted octanol–water partition coefficient (Wildman–Crippen LogP) is 9.57. The van der Waals surface area contributed by atoms with Crippen LogP contribution in [0.3, 0.4) is 0 Å². The zero-order valence-corrected chi connectivity index (χ0v) is 18.8. The van der Waals surface area contributed by atoms with Gasteiger partial charge in [0.05, 0.1) is 0 Å². The molecule has 0 N–H and O–H groups in total. The summed E-state index contributed by atoms with van der Waals surface area (Å²) < 4.78 is 0. The fraction of sp³-hybridized carbons (Fsp3) is 1.00. The molecule has 152 valence electrons. The van der Waals surface area contributed by atoms with Gasteiger partial charge in [-0.2, -0.15) is 0 Å². The van der Waals surface area contributed by atoms with E-state index in [2.05, 4.69) is 34.6 Å². The Balaban J connectivity index is 4.34. The maximum Gasteiger partial charge on any atom is -0.0412 e. The van der Waals surface area contributed by atoms with Crippen LogP contribution < -0.4 is 0 Å². The number of unbranched alkanes of at least 4 members (excludes halogenated alkanes) is 7. The summed E-state index contributed by atoms with van der Waals surface area (Å²) >= 11 is 0. The molecule has 0 heteroatoms. The summed E-state index contributed by atoms with van der Waals surface area (Å²) in [5.41, 5.74) is 0. The van der Waals surface area contributed by atoms with Gasteiger partial charge in [-0.25, -0.2) is 0 Å². The van der Waals surface area contributed by atoms with Gasteiger partial charge in [-0.15, -0.1) is 0 Å². The zero-order valence-electron chi connectivity index (χ0n) is 18.8. The van der Waals surface area contributed by atoms with Crippen molar-refractivity contribution in [2.24, 2.45) is 17.8 Å². The van der Waals surface area contributed by atoms with Crippen LogP contribution >= 0.6 is 0 Å². The van der Waals surface area contributed by atoms with Crippen molar-refractivity contribution in [3.63, 3.8) is 0 Å². The number of hydrogen-bond acceptors (Lipinski definition) is 0. The molecular weight excluding hydrogens is 300 g/mol. The lowest BCUT2D eigenvalue weighted by molar-refractivity contribution is 0.270. The van der Waals surface area contributed by atoms with Crippen molar-refractivity contribution in [3.05, 3.63) is 0 Å². The van der Waals surface area contributed by atoms with Crippen LogP contribution in [0.1, 0.15) is 144 Å². The summed E-state index contributed by atoms with van der Waals surface area (Å²) in [6.45, 7) is 11.9. The van der Waals surface area contributed by atoms with Gasteiger partial charge in [0.25, 0.3) is 0 Å². The molecule has 0 amide bonds. The van der Waals surface area contributed by atoms with E-state index in [1.165, 1.54) is 109 Å². The molecule has 0 aliphatic heterocycles. The van der Waals surface area contributed by atoms with Crippen LogP contribution in [0.2, 0.25) is 0 Å². The topological polar surface area (TPSA) is 0 Å². The van der Waals surface area contributed by atoms with E-state index in [9.17, 15) is 0 Å². The first kappa shape index (κ1) is 25.0. The van der Waals surface area contributed by atoms with E-state index in [-0.39, 0.29) is 0 Å². The van der Waals surface area contributed by atoms with E-state index >= 15 is 0 Å². The van der Waals surface area contributed by atoms with Crippen LogP contribution in [-0.2, 0) is 0 Å². The predicted molar refractivity (Wildman–Crippen MR) is 117 cm³/mol. The van der Waals surface area contributed by atoms with Crippen LogP contribution in [0.5, 0.6) is 0 Å². The third kappa shape index (κ3) is 15.9. The Kier molecular flexibility index (Phi) is 18.8. The molecule has 0 fully saturated rings. The van der Waals surface area contributed by atoms with E-state index in [0.717, 1.165) is 17.8 Å². The van der Waals surface area contributed by atoms with Crippen LogP contribution in [-0.4, -0.2) is 0 Å². The van der Waals surface area contributed by atoms with E-state index < -0.39 is 0 Å². The van der Waals surface area contributed by atoms with Crippen molar-refractivity contribution in [2.75, 3.05) is 0 Å². The van der Waals surface area contributed by atoms with Crippen molar-refractivity contribution >= 4 is 0 Å². The Morgan fingerprint density at radius 2 is 0.760 bits per heavy atom. The van der Waals surface area contributed by atoms with Crippen LogP contribution in [0, 0.1) is 17.8 Å². The second-order valence-corrected chi connectivity index (χ2v) is 8.94. The lowest BCUT2D eigenvalue weighted by Gasteiger charge is -2.25. The molecular formula is C25H52. The van der Waals surface area contributed by atoms with Gasteiger partial charge in [-0.05, 0) is 30.6 Å². The molecule has 0 rings (SSSR count). The molecule has 0 nitrogen and oxygen atoms in total. The monoisotopic (exact) mass is 352 g/mol. The molecule has 0 bridgehead atoms. The van der Waals surface area contributed by atoms with Gasteiger partial charge in [0, 0.05) is 0 Å². The maximum atomic E-state index is 2.56. The van der Waals surface area contributed by atoms with Gasteiger partial charge >= 0.3 is 0 Å². The maximum absolute atomic E-state index is 2.56. The summed E-state index contributed by atoms with van der Waals surface area (Å²) in [6, 6.07) is 0. The van der Waals surface area contributed by atoms with E-state index in [0.29, 0.717) is 0 Å². The minimum atomic E-state index is 0.941. The van der Waals surface area contributed by atoms with Gasteiger partial charge in [0.1, 0.15) is 0 Å². The average Bonchev–Trinajstić information content (AvgIpc) is 2.59. The molecule has 25 heavy (non-hydrogen) atoms. The summed E-state index contributed by atoms with van der Waals surface area (Å²) in [6.07, 6.45) is 24.6. The number of hydrogen-bond donors (Lipinski definition) is 0. The van der Waals surface area contributed by atoms with Crippen LogP contribution in [0.15, 0.2) is 0 Å². The third-order valence-electron chi connectivity index (χ3n) is 6.09. The Morgan fingerprint density at radius 3 is 1.08 bits per heavy atom. The first-order valence-electron chi connectivity index (χ1n) is 12.2. The minimum Gasteiger partial charge on any atom is -0.0654 e. The minimum absolute atomic E-state index is 0.941. The molecule has 0 aromatic heterocycles. The molecule has 0 aliphatic rings. The summed E-state index contributed by atoms with van der Waals surface area (Å²) in [4.78, 5) is 0. The number of rotatable bonds is 19. The molecule has 2 unspecified atom stereocenters. The van der Waals surface area contributed by atoms with Crippen molar-refractivity contribution in [3.8, 4) is 0 Å². The molecule has 0 saturated carbocycles. The molecule has 0 aliphatic carbocycles. The molecule has 0 saturated heterocycles. The highest BCUT2D eigenvalue weighted by atomic mass is 14.2. The Bertz CT molecular complexity index is 234. The molecule has 0 spiro atoms. The van der Waals surface area contributed by atoms with Crippen molar-refractivity contribution in [1.29, 1.82) is 0 Å². The van der Waals surface area contributed by atoms with Gasteiger partial charge in [-0.1, -0.05) is 131 Å². The fourth-order valence-corrected chi connectivity index (χ4v) is 4.54. The Hall–Kier alpha value is 0. The highest BCUT2D eigenvalue weighted by Gasteiger charge is 2.17. The van der Waals surface area contributed by atoms with Crippen molar-refractivity contribution in [2.45, 2.75) is 144 Å². The molecule has 2 atom stereocenters. The lowest BCUT2D eigenvalue weighted by Crippen LogP contribution is -2.12. The van der Waals surface area contributed by atoms with E-state index in [4.69, 9.17) is 0 Å². The van der Waals surface area contributed by atoms with E-state index in [1.54, 1.807) is 0 Å². The SMILES string of the molecule is CCCCCC(CCCC)CC(C)CC(CCCCC)CCCCC. The van der Waals surface area contributed by atoms with Crippen LogP contribution in [0.4, 0.5) is 0 Å². The van der Waals surface area contributed by atoms with Gasteiger partial charge in [0.2, 0.25) is 0 Å². The Morgan fingerprint density at radius 1 is 0.440 bits per heavy atom. The first-order chi connectivity index (χ1) is 12.2. The zero-order chi connectivity index (χ0) is 18.8. The third-order valence-corrected chi connectivity index (χ3v) is 6.09. The lowest BCUT2D eigenvalue weighted by atomic mass is 9.81. The Labute approximate surface area is 161 Å². The molecule has 0 aromatic rings. The summed E-state index contributed by atoms with van der Waals surface area (Å²) in [5, 5.41) is 0. The highest BCUT2D eigenvalue weighted by Crippen LogP contribution is 2.31. The standard InChI is InChI=1S/C25H52/c1-6-10-14-18-24(17-13-9-4)21-23(5)22-25(19-15-11-7-2)20-16-12-8-3/h23-25H,6-22H2,1-5H3. The van der Waals surface area contributed by atoms with E-state index in [1.807, 2.05) is 0 Å². The second kappa shape index (κ2) is 18.8. The van der Waals surface area contributed by atoms with Crippen molar-refractivity contribution in [1.82, 2.24) is 0 Å². The van der Waals surface area contributed by atoms with Gasteiger partial charge in [0.15, 0.2) is 0 Å². The first-order valence-corrected chi connectivity index (χ1v) is 12.2. The molecule has 0 aromatic carbocycles. The van der Waals surface area contributed by atoms with Crippen molar-refractivity contribution < 1.29 is 0 Å². The summed E-state index contributed by atoms with van der Waals surface area (Å²) in [5.74, 6) is 2.96. The largest absolute Gasteiger partial charge is 0.0654 e. The second-order valence-electron chi connectivity index (χ2n) is 8.94.